The van der Waals surface area contributed by atoms with Gasteiger partial charge in [-0.05, 0) is 40.8 Å². The maximum absolute atomic E-state index is 5.58. The molecule has 3 nitrogen and oxygen atoms in total. The molecule has 2 N–H and O–H groups in total. The Morgan fingerprint density at radius 2 is 2.31 bits per heavy atom. The van der Waals surface area contributed by atoms with Crippen LogP contribution in [0.1, 0.15) is 6.92 Å². The molecule has 0 amide bonds. The molecule has 16 heavy (non-hydrogen) atoms. The van der Waals surface area contributed by atoms with Gasteiger partial charge in [0.15, 0.2) is 0 Å². The molecule has 2 heterocycles. The maximum Gasteiger partial charge on any atom is 0.0675 e. The number of ether oxygens (including phenoxy) is 1. The van der Waals surface area contributed by atoms with E-state index in [9.17, 15) is 0 Å². The molecule has 3 rings (SSSR count). The molecule has 1 aromatic carbocycles. The molecule has 86 valence electrons. The predicted molar refractivity (Wildman–Crippen MR) is 74.0 cm³/mol. The molecule has 0 aromatic heterocycles. The van der Waals surface area contributed by atoms with Crippen molar-refractivity contribution in [3.63, 3.8) is 0 Å². The van der Waals surface area contributed by atoms with Gasteiger partial charge in [-0.25, -0.2) is 0 Å². The summed E-state index contributed by atoms with van der Waals surface area (Å²) in [6.45, 7) is 4.89. The van der Waals surface area contributed by atoms with Gasteiger partial charge in [0.25, 0.3) is 0 Å². The molecule has 2 unspecified atom stereocenters. The van der Waals surface area contributed by atoms with Crippen LogP contribution in [0, 0.1) is 8.99 Å². The highest BCUT2D eigenvalue weighted by atomic mass is 127. The first-order valence-corrected chi connectivity index (χ1v) is 6.63. The highest BCUT2D eigenvalue weighted by Crippen LogP contribution is 2.37. The van der Waals surface area contributed by atoms with Crippen molar-refractivity contribution >= 4 is 34.0 Å². The molecular weight excluding hydrogens is 315 g/mol. The molecule has 2 atom stereocenters. The lowest BCUT2D eigenvalue weighted by Crippen LogP contribution is -2.40. The van der Waals surface area contributed by atoms with Gasteiger partial charge in [0.2, 0.25) is 0 Å². The summed E-state index contributed by atoms with van der Waals surface area (Å²) in [6, 6.07) is 6.89. The summed E-state index contributed by atoms with van der Waals surface area (Å²) >= 11 is 2.34. The molecular formula is C12H15IN2O. The molecule has 0 saturated carbocycles. The average molecular weight is 330 g/mol. The number of fused-ring (bicyclic) bond motifs is 2. The minimum atomic E-state index is 0.199. The lowest BCUT2D eigenvalue weighted by atomic mass is 9.85. The van der Waals surface area contributed by atoms with Crippen LogP contribution in [-0.2, 0) is 4.74 Å². The van der Waals surface area contributed by atoms with E-state index in [1.54, 1.807) is 0 Å². The predicted octanol–water partition coefficient (Wildman–Crippen LogP) is 2.53. The lowest BCUT2D eigenvalue weighted by Gasteiger charge is -2.27. The SMILES string of the molecule is CC12CNc3cc(I)ccc3NC1COC2. The minimum Gasteiger partial charge on any atom is -0.383 e. The summed E-state index contributed by atoms with van der Waals surface area (Å²) < 4.78 is 6.85. The van der Waals surface area contributed by atoms with E-state index in [1.165, 1.54) is 14.9 Å². The van der Waals surface area contributed by atoms with Crippen LogP contribution in [0.25, 0.3) is 0 Å². The molecule has 0 spiro atoms. The number of anilines is 2. The molecule has 0 aliphatic carbocycles. The zero-order valence-corrected chi connectivity index (χ0v) is 11.4. The summed E-state index contributed by atoms with van der Waals surface area (Å²) in [6.07, 6.45) is 0. The standard InChI is InChI=1S/C12H15IN2O/c1-12-6-14-10-4-8(13)2-3-9(10)15-11(12)5-16-7-12/h2-4,11,14-15H,5-7H2,1H3. The first kappa shape index (κ1) is 10.7. The zero-order valence-electron chi connectivity index (χ0n) is 9.22. The van der Waals surface area contributed by atoms with Crippen molar-refractivity contribution < 1.29 is 4.74 Å². The second-order valence-corrected chi connectivity index (χ2v) is 6.16. The highest BCUT2D eigenvalue weighted by molar-refractivity contribution is 14.1. The Hall–Kier alpha value is -0.490. The summed E-state index contributed by atoms with van der Waals surface area (Å²) in [4.78, 5) is 0. The van der Waals surface area contributed by atoms with E-state index in [2.05, 4.69) is 58.3 Å². The third-order valence-corrected chi connectivity index (χ3v) is 4.22. The van der Waals surface area contributed by atoms with Gasteiger partial charge in [-0.2, -0.15) is 0 Å². The Labute approximate surface area is 109 Å². The number of hydrogen-bond acceptors (Lipinski definition) is 3. The summed E-state index contributed by atoms with van der Waals surface area (Å²) in [5, 5.41) is 7.13. The number of benzene rings is 1. The monoisotopic (exact) mass is 330 g/mol. The van der Waals surface area contributed by atoms with Crippen LogP contribution >= 0.6 is 22.6 Å². The van der Waals surface area contributed by atoms with Crippen LogP contribution in [0.4, 0.5) is 11.4 Å². The van der Waals surface area contributed by atoms with Gasteiger partial charge >= 0.3 is 0 Å². The van der Waals surface area contributed by atoms with Crippen molar-refractivity contribution in [3.8, 4) is 0 Å². The second-order valence-electron chi connectivity index (χ2n) is 4.91. The first-order chi connectivity index (χ1) is 7.67. The number of hydrogen-bond donors (Lipinski definition) is 2. The Balaban J connectivity index is 1.97. The largest absolute Gasteiger partial charge is 0.383 e. The van der Waals surface area contributed by atoms with Gasteiger partial charge in [-0.15, -0.1) is 0 Å². The normalized spacial score (nSPS) is 32.0. The highest BCUT2D eigenvalue weighted by Gasteiger charge is 2.41. The molecule has 1 saturated heterocycles. The molecule has 1 aromatic rings. The van der Waals surface area contributed by atoms with E-state index in [4.69, 9.17) is 4.74 Å². The van der Waals surface area contributed by atoms with Crippen molar-refractivity contribution in [3.05, 3.63) is 21.8 Å². The van der Waals surface area contributed by atoms with Crippen LogP contribution in [0.3, 0.4) is 0 Å². The Morgan fingerprint density at radius 1 is 1.44 bits per heavy atom. The molecule has 2 aliphatic rings. The van der Waals surface area contributed by atoms with Gasteiger partial charge in [-0.1, -0.05) is 6.92 Å². The first-order valence-electron chi connectivity index (χ1n) is 5.55. The van der Waals surface area contributed by atoms with Gasteiger partial charge in [0.1, 0.15) is 0 Å². The Kier molecular flexibility index (Phi) is 2.51. The number of nitrogens with one attached hydrogen (secondary N) is 2. The van der Waals surface area contributed by atoms with Crippen LogP contribution < -0.4 is 10.6 Å². The van der Waals surface area contributed by atoms with Crippen molar-refractivity contribution in [2.75, 3.05) is 30.4 Å². The van der Waals surface area contributed by atoms with Crippen molar-refractivity contribution in [2.45, 2.75) is 13.0 Å². The lowest BCUT2D eigenvalue weighted by molar-refractivity contribution is 0.164. The van der Waals surface area contributed by atoms with Crippen LogP contribution in [0.2, 0.25) is 0 Å². The van der Waals surface area contributed by atoms with E-state index in [0.717, 1.165) is 19.8 Å². The van der Waals surface area contributed by atoms with Gasteiger partial charge in [0.05, 0.1) is 30.6 Å². The van der Waals surface area contributed by atoms with Crippen molar-refractivity contribution in [1.29, 1.82) is 0 Å². The maximum atomic E-state index is 5.58. The topological polar surface area (TPSA) is 33.3 Å². The van der Waals surface area contributed by atoms with Crippen LogP contribution in [-0.4, -0.2) is 25.8 Å². The van der Waals surface area contributed by atoms with Crippen molar-refractivity contribution in [2.24, 2.45) is 5.41 Å². The van der Waals surface area contributed by atoms with E-state index < -0.39 is 0 Å². The van der Waals surface area contributed by atoms with Gasteiger partial charge in [-0.3, -0.25) is 0 Å². The second kappa shape index (κ2) is 3.77. The molecule has 0 radical (unpaired) electrons. The third kappa shape index (κ3) is 1.68. The fourth-order valence-electron chi connectivity index (χ4n) is 2.38. The summed E-state index contributed by atoms with van der Waals surface area (Å²) in [5.74, 6) is 0. The van der Waals surface area contributed by atoms with Crippen molar-refractivity contribution in [1.82, 2.24) is 0 Å². The quantitative estimate of drug-likeness (QED) is 0.718. The Bertz CT molecular complexity index is 423. The van der Waals surface area contributed by atoms with E-state index in [0.29, 0.717) is 6.04 Å². The smallest absolute Gasteiger partial charge is 0.0675 e. The zero-order chi connectivity index (χ0) is 11.2. The number of rotatable bonds is 0. The van der Waals surface area contributed by atoms with Gasteiger partial charge < -0.3 is 15.4 Å². The third-order valence-electron chi connectivity index (χ3n) is 3.55. The van der Waals surface area contributed by atoms with E-state index in [-0.39, 0.29) is 5.41 Å². The molecule has 0 bridgehead atoms. The van der Waals surface area contributed by atoms with E-state index in [1.807, 2.05) is 0 Å². The summed E-state index contributed by atoms with van der Waals surface area (Å²) in [5.41, 5.74) is 2.60. The fraction of sp³-hybridized carbons (Fsp3) is 0.500. The minimum absolute atomic E-state index is 0.199. The summed E-state index contributed by atoms with van der Waals surface area (Å²) in [7, 11) is 0. The molecule has 4 heteroatoms. The average Bonchev–Trinajstić information content (AvgIpc) is 2.55. The molecule has 2 aliphatic heterocycles. The van der Waals surface area contributed by atoms with E-state index >= 15 is 0 Å². The number of halogens is 1. The molecule has 1 fully saturated rings. The van der Waals surface area contributed by atoms with Crippen LogP contribution in [0.15, 0.2) is 18.2 Å². The Morgan fingerprint density at radius 3 is 3.19 bits per heavy atom. The van der Waals surface area contributed by atoms with Gasteiger partial charge in [0, 0.05) is 15.5 Å². The fourth-order valence-corrected chi connectivity index (χ4v) is 2.87. The van der Waals surface area contributed by atoms with Crippen LogP contribution in [0.5, 0.6) is 0 Å².